The molecule has 8 heavy (non-hydrogen) atoms. The van der Waals surface area contributed by atoms with Crippen LogP contribution < -0.4 is 5.62 Å². The van der Waals surface area contributed by atoms with Crippen LogP contribution in [0.1, 0.15) is 0 Å². The zero-order chi connectivity index (χ0) is 6.15. The van der Waals surface area contributed by atoms with Crippen molar-refractivity contribution in [1.29, 1.82) is 5.41 Å². The molecule has 0 fully saturated rings. The van der Waals surface area contributed by atoms with Gasteiger partial charge < -0.3 is 0 Å². The second kappa shape index (κ2) is 1.43. The molecule has 0 unspecified atom stereocenters. The fourth-order valence-corrected chi connectivity index (χ4v) is 0.414. The van der Waals surface area contributed by atoms with Crippen LogP contribution in [0, 0.1) is 5.41 Å². The highest BCUT2D eigenvalue weighted by Gasteiger charge is 1.88. The minimum absolute atomic E-state index is 0.296. The Hall–Kier alpha value is -1.13. The van der Waals surface area contributed by atoms with Crippen molar-refractivity contribution in [3.63, 3.8) is 0 Å². The van der Waals surface area contributed by atoms with Crippen molar-refractivity contribution in [2.24, 2.45) is 14.1 Å². The van der Waals surface area contributed by atoms with Gasteiger partial charge in [0.2, 0.25) is 5.62 Å². The minimum atomic E-state index is 0.296. The first-order valence-electron chi connectivity index (χ1n) is 2.19. The van der Waals surface area contributed by atoms with Gasteiger partial charge in [-0.05, 0) is 10.4 Å². The summed E-state index contributed by atoms with van der Waals surface area (Å²) in [7, 11) is 3.35. The lowest BCUT2D eigenvalue weighted by atomic mass is 11.1. The lowest BCUT2D eigenvalue weighted by molar-refractivity contribution is 0.676. The van der Waals surface area contributed by atoms with E-state index in [0.29, 0.717) is 5.62 Å². The molecule has 5 nitrogen and oxygen atoms in total. The van der Waals surface area contributed by atoms with E-state index < -0.39 is 0 Å². The van der Waals surface area contributed by atoms with Crippen LogP contribution in [0.15, 0.2) is 0 Å². The van der Waals surface area contributed by atoms with Gasteiger partial charge in [-0.2, -0.15) is 0 Å². The number of tetrazole rings is 1. The third-order valence-corrected chi connectivity index (χ3v) is 0.921. The van der Waals surface area contributed by atoms with Crippen LogP contribution in [0.2, 0.25) is 0 Å². The molecule has 0 aliphatic rings. The van der Waals surface area contributed by atoms with Gasteiger partial charge in [0.1, 0.15) is 0 Å². The second-order valence-corrected chi connectivity index (χ2v) is 1.55. The van der Waals surface area contributed by atoms with E-state index in [2.05, 4.69) is 10.4 Å². The molecule has 1 N–H and O–H groups in total. The molecule has 0 radical (unpaired) electrons. The van der Waals surface area contributed by atoms with Crippen LogP contribution in [0.3, 0.4) is 0 Å². The van der Waals surface area contributed by atoms with Crippen molar-refractivity contribution in [1.82, 2.24) is 19.8 Å². The lowest BCUT2D eigenvalue weighted by Crippen LogP contribution is -2.20. The van der Waals surface area contributed by atoms with E-state index in [1.807, 2.05) is 0 Å². The molecule has 0 spiro atoms. The Morgan fingerprint density at radius 1 is 1.25 bits per heavy atom. The van der Waals surface area contributed by atoms with E-state index in [0.717, 1.165) is 0 Å². The van der Waals surface area contributed by atoms with Crippen LogP contribution in [-0.4, -0.2) is 19.8 Å². The van der Waals surface area contributed by atoms with Crippen molar-refractivity contribution >= 4 is 0 Å². The summed E-state index contributed by atoms with van der Waals surface area (Å²) in [5.41, 5.74) is 0.296. The van der Waals surface area contributed by atoms with E-state index in [1.54, 1.807) is 14.1 Å². The van der Waals surface area contributed by atoms with E-state index in [1.165, 1.54) is 9.36 Å². The zero-order valence-electron chi connectivity index (χ0n) is 4.79. The van der Waals surface area contributed by atoms with E-state index in [-0.39, 0.29) is 0 Å². The summed E-state index contributed by atoms with van der Waals surface area (Å²) in [5.74, 6) is 0. The predicted octanol–water partition coefficient (Wildman–Crippen LogP) is -1.37. The van der Waals surface area contributed by atoms with Gasteiger partial charge in [-0.3, -0.25) is 5.41 Å². The predicted molar refractivity (Wildman–Crippen MR) is 25.8 cm³/mol. The fourth-order valence-electron chi connectivity index (χ4n) is 0.414. The Morgan fingerprint density at radius 2 is 1.62 bits per heavy atom. The molecule has 0 aliphatic heterocycles. The van der Waals surface area contributed by atoms with Crippen molar-refractivity contribution in [3.8, 4) is 0 Å². The number of nitrogens with one attached hydrogen (secondary N) is 1. The lowest BCUT2D eigenvalue weighted by Gasteiger charge is -1.80. The van der Waals surface area contributed by atoms with Gasteiger partial charge in [-0.1, -0.05) is 0 Å². The first-order chi connectivity index (χ1) is 3.72. The van der Waals surface area contributed by atoms with Crippen molar-refractivity contribution in [2.75, 3.05) is 0 Å². The topological polar surface area (TPSA) is 59.5 Å². The second-order valence-electron chi connectivity index (χ2n) is 1.55. The zero-order valence-corrected chi connectivity index (χ0v) is 4.79. The molecule has 44 valence electrons. The standard InChI is InChI=1S/C3H7N5/c1-7-3(4)8(2)6-5-7/h4H,1-2H3. The van der Waals surface area contributed by atoms with E-state index in [9.17, 15) is 0 Å². The van der Waals surface area contributed by atoms with Gasteiger partial charge in [0.25, 0.3) is 0 Å². The average molecular weight is 113 g/mol. The summed E-state index contributed by atoms with van der Waals surface area (Å²) < 4.78 is 2.78. The number of rotatable bonds is 0. The van der Waals surface area contributed by atoms with Crippen LogP contribution in [0.25, 0.3) is 0 Å². The molecule has 0 amide bonds. The third-order valence-electron chi connectivity index (χ3n) is 0.921. The summed E-state index contributed by atoms with van der Waals surface area (Å²) in [5, 5.41) is 14.2. The monoisotopic (exact) mass is 113 g/mol. The highest BCUT2D eigenvalue weighted by atomic mass is 15.6. The Bertz CT molecular complexity index is 208. The SMILES string of the molecule is Cn1nnn(C)c1=N. The van der Waals surface area contributed by atoms with E-state index >= 15 is 0 Å². The van der Waals surface area contributed by atoms with Crippen LogP contribution in [-0.2, 0) is 14.1 Å². The minimum Gasteiger partial charge on any atom is -0.266 e. The maximum Gasteiger partial charge on any atom is 0.237 e. The smallest absolute Gasteiger partial charge is 0.237 e. The maximum absolute atomic E-state index is 7.12. The van der Waals surface area contributed by atoms with E-state index in [4.69, 9.17) is 5.41 Å². The van der Waals surface area contributed by atoms with Gasteiger partial charge in [0.15, 0.2) is 0 Å². The third kappa shape index (κ3) is 0.518. The van der Waals surface area contributed by atoms with Gasteiger partial charge >= 0.3 is 0 Å². The largest absolute Gasteiger partial charge is 0.266 e. The highest BCUT2D eigenvalue weighted by Crippen LogP contribution is 1.56. The average Bonchev–Trinajstić information content (AvgIpc) is 1.98. The normalized spacial score (nSPS) is 9.75. The van der Waals surface area contributed by atoms with Crippen molar-refractivity contribution in [2.45, 2.75) is 0 Å². The summed E-state index contributed by atoms with van der Waals surface area (Å²) in [4.78, 5) is 0. The summed E-state index contributed by atoms with van der Waals surface area (Å²) in [6, 6.07) is 0. The quantitative estimate of drug-likeness (QED) is 0.451. The first-order valence-corrected chi connectivity index (χ1v) is 2.19. The Kier molecular flexibility index (Phi) is 0.896. The Morgan fingerprint density at radius 3 is 1.75 bits per heavy atom. The number of nitrogens with zero attached hydrogens (tertiary/aromatic N) is 4. The summed E-state index contributed by atoms with van der Waals surface area (Å²) in [6.07, 6.45) is 0. The number of hydrogen-bond donors (Lipinski definition) is 1. The molecular weight excluding hydrogens is 106 g/mol. The molecule has 1 aromatic rings. The number of aryl methyl sites for hydroxylation is 2. The van der Waals surface area contributed by atoms with Crippen LogP contribution >= 0.6 is 0 Å². The molecule has 0 atom stereocenters. The fraction of sp³-hybridized carbons (Fsp3) is 0.667. The van der Waals surface area contributed by atoms with Gasteiger partial charge in [0.05, 0.1) is 0 Å². The first kappa shape index (κ1) is 5.02. The molecule has 0 aliphatic carbocycles. The maximum atomic E-state index is 7.12. The number of aromatic nitrogens is 4. The Labute approximate surface area is 46.0 Å². The van der Waals surface area contributed by atoms with Gasteiger partial charge in [0, 0.05) is 14.1 Å². The molecule has 1 heterocycles. The van der Waals surface area contributed by atoms with Crippen molar-refractivity contribution < 1.29 is 0 Å². The molecule has 0 saturated carbocycles. The Balaban J connectivity index is 3.42. The van der Waals surface area contributed by atoms with Crippen LogP contribution in [0.5, 0.6) is 0 Å². The number of hydrogen-bond acceptors (Lipinski definition) is 3. The molecule has 0 bridgehead atoms. The van der Waals surface area contributed by atoms with Gasteiger partial charge in [-0.15, -0.1) is 0 Å². The highest BCUT2D eigenvalue weighted by molar-refractivity contribution is 4.41. The van der Waals surface area contributed by atoms with Crippen molar-refractivity contribution in [3.05, 3.63) is 5.62 Å². The molecule has 1 aromatic heterocycles. The molecular formula is C3H7N5. The molecule has 1 rings (SSSR count). The summed E-state index contributed by atoms with van der Waals surface area (Å²) in [6.45, 7) is 0. The summed E-state index contributed by atoms with van der Waals surface area (Å²) >= 11 is 0. The molecule has 5 heteroatoms. The van der Waals surface area contributed by atoms with Gasteiger partial charge in [-0.25, -0.2) is 9.36 Å². The molecule has 0 aromatic carbocycles. The molecule has 0 saturated heterocycles. The van der Waals surface area contributed by atoms with Crippen LogP contribution in [0.4, 0.5) is 0 Å².